The average Bonchev–Trinajstić information content (AvgIpc) is 2.26. The molecule has 1 heterocycles. The largest absolute Gasteiger partial charge is 0.293 e. The van der Waals surface area contributed by atoms with E-state index in [2.05, 4.69) is 21.7 Å². The summed E-state index contributed by atoms with van der Waals surface area (Å²) in [7, 11) is 1.76. The molecular weight excluding hydrogens is 174 g/mol. The van der Waals surface area contributed by atoms with Crippen molar-refractivity contribution in [3.05, 3.63) is 36.3 Å². The molecule has 0 amide bonds. The maximum absolute atomic E-state index is 4.12. The van der Waals surface area contributed by atoms with E-state index >= 15 is 0 Å². The minimum atomic E-state index is 0.934. The summed E-state index contributed by atoms with van der Waals surface area (Å²) < 4.78 is 0. The van der Waals surface area contributed by atoms with Gasteiger partial charge in [-0.15, -0.1) is 0 Å². The van der Waals surface area contributed by atoms with Gasteiger partial charge in [-0.3, -0.25) is 15.0 Å². The van der Waals surface area contributed by atoms with Gasteiger partial charge in [0.05, 0.1) is 0 Å². The molecule has 0 aliphatic heterocycles. The highest BCUT2D eigenvalue weighted by Crippen LogP contribution is 2.15. The Labute approximate surface area is 83.9 Å². The Hall–Kier alpha value is -1.77. The molecule has 0 radical (unpaired) electrons. The van der Waals surface area contributed by atoms with Gasteiger partial charge in [-0.25, -0.2) is 0 Å². The third-order valence-electron chi connectivity index (χ3n) is 1.94. The summed E-state index contributed by atoms with van der Waals surface area (Å²) >= 11 is 0. The molecule has 0 spiro atoms. The molecule has 0 aromatic carbocycles. The minimum absolute atomic E-state index is 0.934. The summed E-state index contributed by atoms with van der Waals surface area (Å²) in [5, 5.41) is 0. The Morgan fingerprint density at radius 3 is 2.57 bits per heavy atom. The first kappa shape index (κ1) is 10.3. The molecule has 0 N–H and O–H groups in total. The molecule has 0 aliphatic carbocycles. The first-order chi connectivity index (χ1) is 6.79. The molecule has 14 heavy (non-hydrogen) atoms. The second kappa shape index (κ2) is 5.07. The van der Waals surface area contributed by atoms with Gasteiger partial charge < -0.3 is 0 Å². The standard InChI is InChI=1S/C11H13N3/c1-9(13-3)11(8-12-2)10-4-6-14-7-5-10/h4-8H,2H2,1,3H3/b11-8+,13-9-. The van der Waals surface area contributed by atoms with E-state index in [1.54, 1.807) is 25.6 Å². The van der Waals surface area contributed by atoms with Gasteiger partial charge in [0.1, 0.15) is 0 Å². The van der Waals surface area contributed by atoms with Crippen LogP contribution < -0.4 is 0 Å². The Morgan fingerprint density at radius 2 is 2.07 bits per heavy atom. The van der Waals surface area contributed by atoms with Crippen LogP contribution in [0.3, 0.4) is 0 Å². The van der Waals surface area contributed by atoms with Gasteiger partial charge in [0, 0.05) is 36.9 Å². The highest BCUT2D eigenvalue weighted by Gasteiger charge is 2.03. The van der Waals surface area contributed by atoms with Crippen molar-refractivity contribution < 1.29 is 0 Å². The molecule has 0 saturated heterocycles. The van der Waals surface area contributed by atoms with E-state index in [0.717, 1.165) is 16.8 Å². The van der Waals surface area contributed by atoms with Crippen LogP contribution in [0.4, 0.5) is 0 Å². The number of rotatable bonds is 3. The maximum Gasteiger partial charge on any atom is 0.0407 e. The van der Waals surface area contributed by atoms with Crippen molar-refractivity contribution in [2.75, 3.05) is 7.05 Å². The van der Waals surface area contributed by atoms with E-state index in [1.807, 2.05) is 19.1 Å². The maximum atomic E-state index is 4.12. The normalized spacial score (nSPS) is 12.7. The van der Waals surface area contributed by atoms with Crippen LogP contribution in [0.1, 0.15) is 12.5 Å². The van der Waals surface area contributed by atoms with Gasteiger partial charge in [0.2, 0.25) is 0 Å². The monoisotopic (exact) mass is 187 g/mol. The van der Waals surface area contributed by atoms with E-state index in [4.69, 9.17) is 0 Å². The first-order valence-corrected chi connectivity index (χ1v) is 4.29. The number of allylic oxidation sites excluding steroid dienone is 1. The summed E-state index contributed by atoms with van der Waals surface area (Å²) in [6.07, 6.45) is 5.20. The lowest BCUT2D eigenvalue weighted by Gasteiger charge is -2.04. The molecule has 0 unspecified atom stereocenters. The topological polar surface area (TPSA) is 37.6 Å². The van der Waals surface area contributed by atoms with Gasteiger partial charge in [0.25, 0.3) is 0 Å². The lowest BCUT2D eigenvalue weighted by Crippen LogP contribution is -1.96. The third-order valence-corrected chi connectivity index (χ3v) is 1.94. The summed E-state index contributed by atoms with van der Waals surface area (Å²) in [6, 6.07) is 3.84. The van der Waals surface area contributed by atoms with E-state index in [0.29, 0.717) is 0 Å². The molecule has 3 nitrogen and oxygen atoms in total. The molecule has 0 fully saturated rings. The van der Waals surface area contributed by atoms with Crippen molar-refractivity contribution in [1.29, 1.82) is 0 Å². The second-order valence-corrected chi connectivity index (χ2v) is 2.77. The van der Waals surface area contributed by atoms with E-state index in [9.17, 15) is 0 Å². The number of aromatic nitrogens is 1. The van der Waals surface area contributed by atoms with E-state index in [-0.39, 0.29) is 0 Å². The molecule has 3 heteroatoms. The van der Waals surface area contributed by atoms with Crippen LogP contribution in [0, 0.1) is 0 Å². The van der Waals surface area contributed by atoms with Gasteiger partial charge >= 0.3 is 0 Å². The summed E-state index contributed by atoms with van der Waals surface area (Å²) in [6.45, 7) is 5.39. The van der Waals surface area contributed by atoms with Crippen LogP contribution in [-0.2, 0) is 0 Å². The number of aliphatic imine (C=N–C) groups is 2. The Balaban J connectivity index is 3.14. The SMILES string of the molecule is C=N/C=C(\C(C)=N/C)c1ccncc1. The van der Waals surface area contributed by atoms with Crippen LogP contribution >= 0.6 is 0 Å². The van der Waals surface area contributed by atoms with Crippen molar-refractivity contribution in [1.82, 2.24) is 4.98 Å². The number of pyridine rings is 1. The fraction of sp³-hybridized carbons (Fsp3) is 0.182. The molecule has 0 saturated carbocycles. The molecule has 1 aromatic heterocycles. The predicted octanol–water partition coefficient (Wildman–Crippen LogP) is 2.21. The van der Waals surface area contributed by atoms with Crippen molar-refractivity contribution in [2.45, 2.75) is 6.92 Å². The molecule has 0 bridgehead atoms. The average molecular weight is 187 g/mol. The van der Waals surface area contributed by atoms with E-state index < -0.39 is 0 Å². The number of hydrogen-bond acceptors (Lipinski definition) is 3. The van der Waals surface area contributed by atoms with Crippen LogP contribution in [0.5, 0.6) is 0 Å². The highest BCUT2D eigenvalue weighted by molar-refractivity contribution is 6.22. The summed E-state index contributed by atoms with van der Waals surface area (Å²) in [5.74, 6) is 0. The second-order valence-electron chi connectivity index (χ2n) is 2.77. The zero-order chi connectivity index (χ0) is 10.4. The van der Waals surface area contributed by atoms with Gasteiger partial charge in [-0.2, -0.15) is 0 Å². The summed E-state index contributed by atoms with van der Waals surface area (Å²) in [4.78, 5) is 11.9. The zero-order valence-corrected chi connectivity index (χ0v) is 8.44. The molecule has 1 aromatic rings. The fourth-order valence-electron chi connectivity index (χ4n) is 1.12. The first-order valence-electron chi connectivity index (χ1n) is 4.29. The van der Waals surface area contributed by atoms with Crippen LogP contribution in [-0.4, -0.2) is 24.5 Å². The van der Waals surface area contributed by atoms with Gasteiger partial charge in [0.15, 0.2) is 0 Å². The number of hydrogen-bond donors (Lipinski definition) is 0. The molecule has 72 valence electrons. The van der Waals surface area contributed by atoms with Crippen molar-refractivity contribution in [3.63, 3.8) is 0 Å². The fourth-order valence-corrected chi connectivity index (χ4v) is 1.12. The zero-order valence-electron chi connectivity index (χ0n) is 8.44. The molecule has 0 atom stereocenters. The van der Waals surface area contributed by atoms with Crippen LogP contribution in [0.25, 0.3) is 5.57 Å². The Morgan fingerprint density at radius 1 is 1.43 bits per heavy atom. The highest BCUT2D eigenvalue weighted by atomic mass is 14.7. The third kappa shape index (κ3) is 2.36. The Bertz CT molecular complexity index is 363. The quantitative estimate of drug-likeness (QED) is 0.668. The van der Waals surface area contributed by atoms with Gasteiger partial charge in [-0.05, 0) is 31.3 Å². The van der Waals surface area contributed by atoms with Crippen molar-refractivity contribution in [3.8, 4) is 0 Å². The van der Waals surface area contributed by atoms with E-state index in [1.165, 1.54) is 0 Å². The predicted molar refractivity (Wildman–Crippen MR) is 60.8 cm³/mol. The Kier molecular flexibility index (Phi) is 3.73. The van der Waals surface area contributed by atoms with Crippen LogP contribution in [0.2, 0.25) is 0 Å². The van der Waals surface area contributed by atoms with Gasteiger partial charge in [-0.1, -0.05) is 0 Å². The van der Waals surface area contributed by atoms with Crippen LogP contribution in [0.15, 0.2) is 40.7 Å². The molecule has 1 rings (SSSR count). The van der Waals surface area contributed by atoms with Crippen molar-refractivity contribution >= 4 is 18.0 Å². The number of nitrogens with zero attached hydrogens (tertiary/aromatic N) is 3. The molecule has 0 aliphatic rings. The summed E-state index contributed by atoms with van der Waals surface area (Å²) in [5.41, 5.74) is 2.96. The molecular formula is C11H13N3. The smallest absolute Gasteiger partial charge is 0.0407 e. The lowest BCUT2D eigenvalue weighted by molar-refractivity contribution is 1.31. The lowest BCUT2D eigenvalue weighted by atomic mass is 10.0. The minimum Gasteiger partial charge on any atom is -0.293 e. The van der Waals surface area contributed by atoms with Crippen molar-refractivity contribution in [2.24, 2.45) is 9.98 Å².